The Hall–Kier alpha value is -1.12. The molecule has 7 nitrogen and oxygen atoms in total. The van der Waals surface area contributed by atoms with E-state index in [2.05, 4.69) is 10.00 Å². The highest BCUT2D eigenvalue weighted by molar-refractivity contribution is 7.89. The summed E-state index contributed by atoms with van der Waals surface area (Å²) in [5.74, 6) is 0.0955. The summed E-state index contributed by atoms with van der Waals surface area (Å²) in [4.78, 5) is 2.29. The monoisotopic (exact) mass is 315 g/mol. The molecule has 0 saturated carbocycles. The molecule has 0 spiro atoms. The van der Waals surface area contributed by atoms with E-state index in [0.29, 0.717) is 25.7 Å². The van der Waals surface area contributed by atoms with Crippen molar-refractivity contribution in [1.82, 2.24) is 19.0 Å². The highest BCUT2D eigenvalue weighted by atomic mass is 32.2. The molecule has 0 aliphatic carbocycles. The molecule has 1 aromatic heterocycles. The number of sulfonamides is 1. The van der Waals surface area contributed by atoms with Gasteiger partial charge in [-0.25, -0.2) is 8.42 Å². The summed E-state index contributed by atoms with van der Waals surface area (Å²) in [5.41, 5.74) is 5.79. The highest BCUT2D eigenvalue weighted by Crippen LogP contribution is 2.25. The Morgan fingerprint density at radius 2 is 2.00 bits per heavy atom. The van der Waals surface area contributed by atoms with Gasteiger partial charge < -0.3 is 10.6 Å². The second-order valence-electron chi connectivity index (χ2n) is 5.74. The van der Waals surface area contributed by atoms with Gasteiger partial charge in [0.2, 0.25) is 10.0 Å². The first-order valence-corrected chi connectivity index (χ1v) is 8.79. The van der Waals surface area contributed by atoms with Crippen molar-refractivity contribution in [1.29, 1.82) is 0 Å². The standard InChI is InChI=1S/C13H25N5O2S/c1-4-7-17-10-12(13(14)15-17)21(19,20)18-8-5-11(6-9-18)16(2)3/h10-11H,4-9H2,1-3H3,(H2,14,15). The average Bonchev–Trinajstić information content (AvgIpc) is 2.81. The fourth-order valence-corrected chi connectivity index (χ4v) is 4.23. The number of aromatic nitrogens is 2. The molecule has 0 atom stereocenters. The number of aryl methyl sites for hydroxylation is 1. The number of hydrogen-bond acceptors (Lipinski definition) is 5. The third-order valence-electron chi connectivity index (χ3n) is 3.98. The molecule has 1 aliphatic rings. The third-order valence-corrected chi connectivity index (χ3v) is 5.89. The maximum atomic E-state index is 12.7. The van der Waals surface area contributed by atoms with Gasteiger partial charge in [-0.05, 0) is 33.4 Å². The number of anilines is 1. The minimum Gasteiger partial charge on any atom is -0.381 e. The predicted molar refractivity (Wildman–Crippen MR) is 82.4 cm³/mol. The molecule has 8 heteroatoms. The zero-order valence-electron chi connectivity index (χ0n) is 13.0. The maximum Gasteiger partial charge on any atom is 0.248 e. The number of rotatable bonds is 5. The summed E-state index contributed by atoms with van der Waals surface area (Å²) in [6.07, 6.45) is 4.12. The van der Waals surface area contributed by atoms with E-state index < -0.39 is 10.0 Å². The first-order valence-electron chi connectivity index (χ1n) is 7.35. The van der Waals surface area contributed by atoms with Gasteiger partial charge in [0, 0.05) is 31.9 Å². The zero-order chi connectivity index (χ0) is 15.6. The predicted octanol–water partition coefficient (Wildman–Crippen LogP) is 0.590. The van der Waals surface area contributed by atoms with Crippen LogP contribution < -0.4 is 5.73 Å². The molecule has 2 heterocycles. The van der Waals surface area contributed by atoms with Crippen LogP contribution in [0, 0.1) is 0 Å². The van der Waals surface area contributed by atoms with Gasteiger partial charge in [-0.15, -0.1) is 0 Å². The number of nitrogen functional groups attached to an aromatic ring is 1. The van der Waals surface area contributed by atoms with Gasteiger partial charge in [0.1, 0.15) is 4.90 Å². The van der Waals surface area contributed by atoms with Crippen LogP contribution in [-0.2, 0) is 16.6 Å². The van der Waals surface area contributed by atoms with Crippen LogP contribution >= 0.6 is 0 Å². The first kappa shape index (κ1) is 16.3. The highest BCUT2D eigenvalue weighted by Gasteiger charge is 2.32. The Morgan fingerprint density at radius 1 is 1.38 bits per heavy atom. The molecule has 0 aromatic carbocycles. The van der Waals surface area contributed by atoms with Crippen molar-refractivity contribution in [2.24, 2.45) is 0 Å². The molecular weight excluding hydrogens is 290 g/mol. The van der Waals surface area contributed by atoms with E-state index >= 15 is 0 Å². The molecule has 0 radical (unpaired) electrons. The van der Waals surface area contributed by atoms with Gasteiger partial charge in [-0.1, -0.05) is 6.92 Å². The molecule has 1 fully saturated rings. The van der Waals surface area contributed by atoms with Gasteiger partial charge >= 0.3 is 0 Å². The lowest BCUT2D eigenvalue weighted by atomic mass is 10.1. The Morgan fingerprint density at radius 3 is 2.52 bits per heavy atom. The molecule has 1 saturated heterocycles. The Kier molecular flexibility index (Phi) is 4.90. The summed E-state index contributed by atoms with van der Waals surface area (Å²) in [7, 11) is 0.526. The summed E-state index contributed by atoms with van der Waals surface area (Å²) in [6, 6.07) is 0.441. The summed E-state index contributed by atoms with van der Waals surface area (Å²) < 4.78 is 28.5. The van der Waals surface area contributed by atoms with Gasteiger partial charge in [-0.3, -0.25) is 4.68 Å². The molecule has 0 amide bonds. The molecule has 0 unspecified atom stereocenters. The van der Waals surface area contributed by atoms with Crippen molar-refractivity contribution >= 4 is 15.8 Å². The van der Waals surface area contributed by atoms with Gasteiger partial charge in [0.25, 0.3) is 0 Å². The quantitative estimate of drug-likeness (QED) is 0.859. The van der Waals surface area contributed by atoms with E-state index in [1.54, 1.807) is 10.9 Å². The van der Waals surface area contributed by atoms with Crippen LogP contribution in [0.1, 0.15) is 26.2 Å². The van der Waals surface area contributed by atoms with E-state index in [9.17, 15) is 8.42 Å². The smallest absolute Gasteiger partial charge is 0.248 e. The van der Waals surface area contributed by atoms with E-state index in [1.165, 1.54) is 4.31 Å². The topological polar surface area (TPSA) is 84.5 Å². The number of piperidine rings is 1. The first-order chi connectivity index (χ1) is 9.86. The average molecular weight is 315 g/mol. The van der Waals surface area contributed by atoms with Crippen LogP contribution in [0.5, 0.6) is 0 Å². The molecule has 2 N–H and O–H groups in total. The molecule has 1 aromatic rings. The van der Waals surface area contributed by atoms with E-state index in [4.69, 9.17) is 5.73 Å². The normalized spacial score (nSPS) is 18.5. The second kappa shape index (κ2) is 6.33. The van der Waals surface area contributed by atoms with Crippen molar-refractivity contribution in [3.63, 3.8) is 0 Å². The van der Waals surface area contributed by atoms with E-state index in [-0.39, 0.29) is 10.7 Å². The van der Waals surface area contributed by atoms with Crippen molar-refractivity contribution in [3.05, 3.63) is 6.20 Å². The Labute approximate surface area is 126 Å². The third kappa shape index (κ3) is 3.38. The molecular formula is C13H25N5O2S. The van der Waals surface area contributed by atoms with Gasteiger partial charge in [0.05, 0.1) is 0 Å². The van der Waals surface area contributed by atoms with Crippen LogP contribution in [0.4, 0.5) is 5.82 Å². The van der Waals surface area contributed by atoms with Crippen molar-refractivity contribution < 1.29 is 8.42 Å². The second-order valence-corrected chi connectivity index (χ2v) is 7.65. The van der Waals surface area contributed by atoms with Gasteiger partial charge in [0.15, 0.2) is 5.82 Å². The molecule has 0 bridgehead atoms. The summed E-state index contributed by atoms with van der Waals surface area (Å²) in [6.45, 7) is 3.74. The zero-order valence-corrected chi connectivity index (χ0v) is 13.8. The molecule has 1 aliphatic heterocycles. The van der Waals surface area contributed by atoms with Crippen LogP contribution in [-0.4, -0.2) is 60.6 Å². The molecule has 120 valence electrons. The number of nitrogens with zero attached hydrogens (tertiary/aromatic N) is 4. The maximum absolute atomic E-state index is 12.7. The van der Waals surface area contributed by atoms with Crippen molar-refractivity contribution in [3.8, 4) is 0 Å². The van der Waals surface area contributed by atoms with E-state index in [0.717, 1.165) is 19.3 Å². The Balaban J connectivity index is 2.15. The Bertz CT molecular complexity index is 573. The van der Waals surface area contributed by atoms with Gasteiger partial charge in [-0.2, -0.15) is 9.40 Å². The minimum absolute atomic E-state index is 0.0955. The van der Waals surface area contributed by atoms with Crippen LogP contribution in [0.3, 0.4) is 0 Å². The van der Waals surface area contributed by atoms with Crippen molar-refractivity contribution in [2.45, 2.75) is 43.7 Å². The lowest BCUT2D eigenvalue weighted by Gasteiger charge is -2.34. The SMILES string of the molecule is CCCn1cc(S(=O)(=O)N2CCC(N(C)C)CC2)c(N)n1. The van der Waals surface area contributed by atoms with Crippen LogP contribution in [0.25, 0.3) is 0 Å². The minimum atomic E-state index is -3.53. The van der Waals surface area contributed by atoms with Crippen LogP contribution in [0.2, 0.25) is 0 Å². The largest absolute Gasteiger partial charge is 0.381 e. The summed E-state index contributed by atoms with van der Waals surface area (Å²) in [5, 5.41) is 4.09. The van der Waals surface area contributed by atoms with Crippen LogP contribution in [0.15, 0.2) is 11.1 Å². The fraction of sp³-hybridized carbons (Fsp3) is 0.769. The lowest BCUT2D eigenvalue weighted by molar-refractivity contribution is 0.196. The lowest BCUT2D eigenvalue weighted by Crippen LogP contribution is -2.44. The van der Waals surface area contributed by atoms with Crippen molar-refractivity contribution in [2.75, 3.05) is 32.9 Å². The molecule has 21 heavy (non-hydrogen) atoms. The molecule has 2 rings (SSSR count). The summed E-state index contributed by atoms with van der Waals surface area (Å²) >= 11 is 0. The fourth-order valence-electron chi connectivity index (χ4n) is 2.70. The number of nitrogens with two attached hydrogens (primary N) is 1. The van der Waals surface area contributed by atoms with E-state index in [1.807, 2.05) is 21.0 Å². The number of hydrogen-bond donors (Lipinski definition) is 1.